The van der Waals surface area contributed by atoms with E-state index in [1.165, 1.54) is 30.3 Å². The SMILES string of the molecule is CC1Oc2ccc(NS(=O)(=O)c3ccc(F)cc3)cc2CN(Cc2ccc(F)cc2)C1=O. The lowest BCUT2D eigenvalue weighted by Gasteiger charge is -2.22. The Morgan fingerprint density at radius 3 is 2.28 bits per heavy atom. The van der Waals surface area contributed by atoms with E-state index in [9.17, 15) is 22.0 Å². The van der Waals surface area contributed by atoms with Crippen LogP contribution in [0.1, 0.15) is 18.1 Å². The fourth-order valence-corrected chi connectivity index (χ4v) is 4.48. The zero-order valence-corrected chi connectivity index (χ0v) is 17.9. The minimum absolute atomic E-state index is 0.0770. The number of anilines is 1. The Hall–Kier alpha value is -3.46. The molecule has 3 aromatic carbocycles. The average molecular weight is 458 g/mol. The molecule has 0 aromatic heterocycles. The topological polar surface area (TPSA) is 75.7 Å². The van der Waals surface area contributed by atoms with Crippen molar-refractivity contribution in [2.45, 2.75) is 31.0 Å². The Balaban J connectivity index is 1.60. The zero-order chi connectivity index (χ0) is 22.9. The third kappa shape index (κ3) is 4.72. The number of benzene rings is 3. The fourth-order valence-electron chi connectivity index (χ4n) is 3.43. The molecule has 0 fully saturated rings. The molecule has 1 N–H and O–H groups in total. The molecule has 9 heteroatoms. The van der Waals surface area contributed by atoms with Crippen molar-refractivity contribution in [2.24, 2.45) is 0 Å². The predicted octanol–water partition coefficient (Wildman–Crippen LogP) is 4.08. The first-order valence-electron chi connectivity index (χ1n) is 9.82. The van der Waals surface area contributed by atoms with Crippen LogP contribution in [0.25, 0.3) is 0 Å². The summed E-state index contributed by atoms with van der Waals surface area (Å²) in [7, 11) is -3.93. The molecule has 0 radical (unpaired) electrons. The van der Waals surface area contributed by atoms with Gasteiger partial charge >= 0.3 is 0 Å². The number of ether oxygens (including phenoxy) is 1. The molecule has 0 saturated carbocycles. The first kappa shape index (κ1) is 21.8. The molecule has 6 nitrogen and oxygen atoms in total. The van der Waals surface area contributed by atoms with E-state index in [-0.39, 0.29) is 35.4 Å². The van der Waals surface area contributed by atoms with Gasteiger partial charge in [-0.3, -0.25) is 9.52 Å². The maximum Gasteiger partial charge on any atom is 0.263 e. The van der Waals surface area contributed by atoms with Crippen LogP contribution < -0.4 is 9.46 Å². The van der Waals surface area contributed by atoms with Gasteiger partial charge in [0.05, 0.1) is 4.90 Å². The molecule has 0 aliphatic carbocycles. The van der Waals surface area contributed by atoms with Gasteiger partial charge in [0.15, 0.2) is 6.10 Å². The van der Waals surface area contributed by atoms with Crippen LogP contribution in [0, 0.1) is 11.6 Å². The van der Waals surface area contributed by atoms with Gasteiger partial charge in [0, 0.05) is 24.3 Å². The van der Waals surface area contributed by atoms with Crippen LogP contribution in [0.3, 0.4) is 0 Å². The molecule has 32 heavy (non-hydrogen) atoms. The summed E-state index contributed by atoms with van der Waals surface area (Å²) in [6.45, 7) is 2.07. The summed E-state index contributed by atoms with van der Waals surface area (Å²) in [5.41, 5.74) is 1.65. The Bertz CT molecular complexity index is 1250. The summed E-state index contributed by atoms with van der Waals surface area (Å²) < 4.78 is 59.8. The monoisotopic (exact) mass is 458 g/mol. The Morgan fingerprint density at radius 2 is 1.62 bits per heavy atom. The summed E-state index contributed by atoms with van der Waals surface area (Å²) in [4.78, 5) is 14.3. The van der Waals surface area contributed by atoms with Crippen molar-refractivity contribution in [3.63, 3.8) is 0 Å². The molecule has 0 bridgehead atoms. The average Bonchev–Trinajstić information content (AvgIpc) is 2.86. The number of sulfonamides is 1. The van der Waals surface area contributed by atoms with Gasteiger partial charge in [-0.25, -0.2) is 17.2 Å². The van der Waals surface area contributed by atoms with Crippen molar-refractivity contribution in [1.29, 1.82) is 0 Å². The highest BCUT2D eigenvalue weighted by Gasteiger charge is 2.28. The maximum absolute atomic E-state index is 13.2. The van der Waals surface area contributed by atoms with Gasteiger partial charge in [-0.05, 0) is 67.1 Å². The predicted molar refractivity (Wildman–Crippen MR) is 114 cm³/mol. The number of halogens is 2. The van der Waals surface area contributed by atoms with E-state index in [0.717, 1.165) is 17.7 Å². The van der Waals surface area contributed by atoms with Gasteiger partial charge in [-0.1, -0.05) is 12.1 Å². The quantitative estimate of drug-likeness (QED) is 0.625. The van der Waals surface area contributed by atoms with E-state index in [1.807, 2.05) is 0 Å². The van der Waals surface area contributed by atoms with Crippen molar-refractivity contribution in [2.75, 3.05) is 4.72 Å². The van der Waals surface area contributed by atoms with Gasteiger partial charge in [-0.15, -0.1) is 0 Å². The van der Waals surface area contributed by atoms with Crippen molar-refractivity contribution in [3.8, 4) is 5.75 Å². The number of carbonyl (C=O) groups is 1. The number of amides is 1. The normalized spacial score (nSPS) is 16.2. The smallest absolute Gasteiger partial charge is 0.263 e. The second-order valence-corrected chi connectivity index (χ2v) is 9.15. The van der Waals surface area contributed by atoms with E-state index >= 15 is 0 Å². The minimum atomic E-state index is -3.93. The molecule has 1 heterocycles. The van der Waals surface area contributed by atoms with Crippen molar-refractivity contribution in [3.05, 3.63) is 89.5 Å². The third-order valence-electron chi connectivity index (χ3n) is 5.05. The first-order chi connectivity index (χ1) is 15.2. The standard InChI is InChI=1S/C23H20F2N2O4S/c1-15-23(28)27(13-16-2-4-18(24)5-3-16)14-17-12-20(8-11-22(17)31-15)26-32(29,30)21-9-6-19(25)7-10-21/h2-12,15,26H,13-14H2,1H3. The van der Waals surface area contributed by atoms with Gasteiger partial charge in [-0.2, -0.15) is 0 Å². The maximum atomic E-state index is 13.2. The molecule has 166 valence electrons. The Labute approximate surface area is 184 Å². The van der Waals surface area contributed by atoms with Crippen LogP contribution in [0.4, 0.5) is 14.5 Å². The van der Waals surface area contributed by atoms with E-state index in [0.29, 0.717) is 11.3 Å². The highest BCUT2D eigenvalue weighted by Crippen LogP contribution is 2.30. The Kier molecular flexibility index (Phi) is 5.84. The molecule has 1 aliphatic heterocycles. The molecule has 1 atom stereocenters. The van der Waals surface area contributed by atoms with Gasteiger partial charge < -0.3 is 9.64 Å². The highest BCUT2D eigenvalue weighted by molar-refractivity contribution is 7.92. The molecule has 3 aromatic rings. The lowest BCUT2D eigenvalue weighted by Crippen LogP contribution is -2.37. The fraction of sp³-hybridized carbons (Fsp3) is 0.174. The number of rotatable bonds is 5. The molecule has 0 spiro atoms. The van der Waals surface area contributed by atoms with Crippen LogP contribution >= 0.6 is 0 Å². The van der Waals surface area contributed by atoms with Crippen molar-refractivity contribution < 1.29 is 26.7 Å². The van der Waals surface area contributed by atoms with Crippen LogP contribution in [0.15, 0.2) is 71.6 Å². The van der Waals surface area contributed by atoms with E-state index < -0.39 is 21.9 Å². The lowest BCUT2D eigenvalue weighted by molar-refractivity contribution is -0.138. The second kappa shape index (κ2) is 8.58. The number of fused-ring (bicyclic) bond motifs is 1. The van der Waals surface area contributed by atoms with E-state index in [2.05, 4.69) is 4.72 Å². The number of nitrogens with one attached hydrogen (secondary N) is 1. The molecule has 1 amide bonds. The van der Waals surface area contributed by atoms with Gasteiger partial charge in [0.25, 0.3) is 15.9 Å². The summed E-state index contributed by atoms with van der Waals surface area (Å²) >= 11 is 0. The second-order valence-electron chi connectivity index (χ2n) is 7.46. The molecular formula is C23H20F2N2O4S. The summed E-state index contributed by atoms with van der Waals surface area (Å²) in [5, 5.41) is 0. The van der Waals surface area contributed by atoms with Crippen molar-refractivity contribution in [1.82, 2.24) is 4.90 Å². The van der Waals surface area contributed by atoms with Crippen LogP contribution in [-0.4, -0.2) is 25.3 Å². The van der Waals surface area contributed by atoms with E-state index in [4.69, 9.17) is 4.74 Å². The van der Waals surface area contributed by atoms with Crippen LogP contribution in [-0.2, 0) is 27.9 Å². The lowest BCUT2D eigenvalue weighted by atomic mass is 10.1. The molecule has 0 saturated heterocycles. The Morgan fingerprint density at radius 1 is 1.00 bits per heavy atom. The zero-order valence-electron chi connectivity index (χ0n) is 17.1. The number of nitrogens with zero attached hydrogens (tertiary/aromatic N) is 1. The first-order valence-corrected chi connectivity index (χ1v) is 11.3. The van der Waals surface area contributed by atoms with Crippen molar-refractivity contribution >= 4 is 21.6 Å². The van der Waals surface area contributed by atoms with Crippen LogP contribution in [0.5, 0.6) is 5.75 Å². The largest absolute Gasteiger partial charge is 0.481 e. The third-order valence-corrected chi connectivity index (χ3v) is 6.44. The number of carbonyl (C=O) groups excluding carboxylic acids is 1. The van der Waals surface area contributed by atoms with E-state index in [1.54, 1.807) is 36.1 Å². The van der Waals surface area contributed by atoms with Gasteiger partial charge in [0.2, 0.25) is 0 Å². The molecule has 1 unspecified atom stereocenters. The highest BCUT2D eigenvalue weighted by atomic mass is 32.2. The number of hydrogen-bond donors (Lipinski definition) is 1. The summed E-state index contributed by atoms with van der Waals surface area (Å²) in [5.74, 6) is -0.668. The number of hydrogen-bond acceptors (Lipinski definition) is 4. The minimum Gasteiger partial charge on any atom is -0.481 e. The van der Waals surface area contributed by atoms with Crippen LogP contribution in [0.2, 0.25) is 0 Å². The molecule has 1 aliphatic rings. The van der Waals surface area contributed by atoms with Gasteiger partial charge in [0.1, 0.15) is 17.4 Å². The molecular weight excluding hydrogens is 438 g/mol. The molecule has 4 rings (SSSR count). The summed E-state index contributed by atoms with van der Waals surface area (Å²) in [6.07, 6.45) is -0.738. The summed E-state index contributed by atoms with van der Waals surface area (Å²) in [6, 6.07) is 15.1.